The van der Waals surface area contributed by atoms with E-state index < -0.39 is 0 Å². The van der Waals surface area contributed by atoms with Gasteiger partial charge in [0.05, 0.1) is 4.91 Å². The smallest absolute Gasteiger partial charge is 0.260 e. The molecule has 3 rings (SSSR count). The number of thioether (sulfide) groups is 1. The van der Waals surface area contributed by atoms with E-state index in [2.05, 4.69) is 5.32 Å². The van der Waals surface area contributed by atoms with E-state index in [1.54, 1.807) is 11.8 Å². The van der Waals surface area contributed by atoms with Crippen LogP contribution in [0.15, 0.2) is 29.2 Å². The highest BCUT2D eigenvalue weighted by atomic mass is 35.5. The van der Waals surface area contributed by atoms with Crippen LogP contribution in [0.3, 0.4) is 0 Å². The van der Waals surface area contributed by atoms with Gasteiger partial charge in [-0.05, 0) is 56.9 Å². The third-order valence-corrected chi connectivity index (χ3v) is 6.64. The van der Waals surface area contributed by atoms with Gasteiger partial charge in [0.25, 0.3) is 5.91 Å². The number of halogens is 1. The first-order valence-electron chi connectivity index (χ1n) is 9.06. The summed E-state index contributed by atoms with van der Waals surface area (Å²) in [6.07, 6.45) is 4.47. The van der Waals surface area contributed by atoms with E-state index in [0.29, 0.717) is 10.3 Å². The number of fused-ring (bicyclic) bond motifs is 1. The largest absolute Gasteiger partial charge is 0.354 e. The van der Waals surface area contributed by atoms with Crippen LogP contribution in [0.4, 0.5) is 0 Å². The molecule has 0 bridgehead atoms. The summed E-state index contributed by atoms with van der Waals surface area (Å²) in [7, 11) is 1.86. The van der Waals surface area contributed by atoms with Crippen molar-refractivity contribution in [3.8, 4) is 0 Å². The number of amides is 2. The molecule has 2 aliphatic rings. The lowest BCUT2D eigenvalue weighted by molar-refractivity contribution is -0.132. The molecular formula is C20H25ClN2O2S. The molecule has 0 radical (unpaired) electrons. The summed E-state index contributed by atoms with van der Waals surface area (Å²) in [6, 6.07) is 7.78. The second-order valence-corrected chi connectivity index (χ2v) is 9.09. The van der Waals surface area contributed by atoms with Crippen molar-refractivity contribution in [1.82, 2.24) is 10.2 Å². The van der Waals surface area contributed by atoms with Crippen LogP contribution in [0.1, 0.15) is 38.7 Å². The second kappa shape index (κ2) is 8.05. The van der Waals surface area contributed by atoms with E-state index in [1.807, 2.05) is 56.1 Å². The van der Waals surface area contributed by atoms with Crippen molar-refractivity contribution in [3.05, 3.63) is 39.8 Å². The Morgan fingerprint density at radius 1 is 1.38 bits per heavy atom. The van der Waals surface area contributed by atoms with Gasteiger partial charge in [-0.25, -0.2) is 0 Å². The van der Waals surface area contributed by atoms with Gasteiger partial charge in [-0.3, -0.25) is 9.59 Å². The first-order chi connectivity index (χ1) is 12.3. The zero-order chi connectivity index (χ0) is 18.8. The van der Waals surface area contributed by atoms with Crippen molar-refractivity contribution in [2.24, 2.45) is 5.92 Å². The first kappa shape index (κ1) is 19.3. The number of carbonyl (C=O) groups excluding carboxylic acids is 2. The normalized spacial score (nSPS) is 27.6. The topological polar surface area (TPSA) is 49.4 Å². The van der Waals surface area contributed by atoms with Gasteiger partial charge in [0, 0.05) is 35.3 Å². The van der Waals surface area contributed by atoms with Crippen LogP contribution in [0.2, 0.25) is 5.02 Å². The van der Waals surface area contributed by atoms with Gasteiger partial charge in [-0.1, -0.05) is 23.7 Å². The molecular weight excluding hydrogens is 368 g/mol. The average Bonchev–Trinajstić information content (AvgIpc) is 2.58. The molecule has 3 atom stereocenters. The first-order valence-corrected chi connectivity index (χ1v) is 10.3. The van der Waals surface area contributed by atoms with Crippen LogP contribution >= 0.6 is 23.4 Å². The van der Waals surface area contributed by atoms with E-state index in [-0.39, 0.29) is 29.8 Å². The Morgan fingerprint density at radius 3 is 2.85 bits per heavy atom. The number of hydrogen-bond acceptors (Lipinski definition) is 3. The average molecular weight is 393 g/mol. The fourth-order valence-corrected chi connectivity index (χ4v) is 5.36. The maximum atomic E-state index is 12.8. The Labute approximate surface area is 164 Å². The van der Waals surface area contributed by atoms with Gasteiger partial charge < -0.3 is 10.2 Å². The molecule has 1 aromatic rings. The maximum Gasteiger partial charge on any atom is 0.260 e. The second-order valence-electron chi connectivity index (χ2n) is 7.38. The molecule has 4 nitrogen and oxygen atoms in total. The summed E-state index contributed by atoms with van der Waals surface area (Å²) in [5.41, 5.74) is 0.935. The molecule has 1 saturated heterocycles. The fourth-order valence-electron chi connectivity index (χ4n) is 3.69. The van der Waals surface area contributed by atoms with E-state index in [4.69, 9.17) is 11.6 Å². The molecule has 0 aromatic heterocycles. The number of benzene rings is 1. The third kappa shape index (κ3) is 4.26. The van der Waals surface area contributed by atoms with Gasteiger partial charge in [-0.2, -0.15) is 0 Å². The summed E-state index contributed by atoms with van der Waals surface area (Å²) >= 11 is 7.70. The summed E-state index contributed by atoms with van der Waals surface area (Å²) in [5.74, 6) is 0.138. The molecule has 1 N–H and O–H groups in total. The van der Waals surface area contributed by atoms with Gasteiger partial charge in [0.2, 0.25) is 5.91 Å². The molecule has 26 heavy (non-hydrogen) atoms. The van der Waals surface area contributed by atoms with Crippen molar-refractivity contribution >= 4 is 41.3 Å². The minimum atomic E-state index is -0.00652. The van der Waals surface area contributed by atoms with Crippen molar-refractivity contribution in [3.63, 3.8) is 0 Å². The maximum absolute atomic E-state index is 12.8. The summed E-state index contributed by atoms with van der Waals surface area (Å²) in [6.45, 7) is 3.95. The molecule has 1 aliphatic carbocycles. The molecule has 2 amide bonds. The molecule has 3 unspecified atom stereocenters. The van der Waals surface area contributed by atoms with Crippen molar-refractivity contribution in [2.45, 2.75) is 50.4 Å². The van der Waals surface area contributed by atoms with Crippen LogP contribution in [0.25, 0.3) is 6.08 Å². The molecule has 0 spiro atoms. The van der Waals surface area contributed by atoms with Crippen LogP contribution in [-0.2, 0) is 9.59 Å². The molecule has 1 heterocycles. The zero-order valence-corrected chi connectivity index (χ0v) is 16.9. The number of carbonyl (C=O) groups is 2. The van der Waals surface area contributed by atoms with E-state index >= 15 is 0 Å². The van der Waals surface area contributed by atoms with Crippen molar-refractivity contribution in [2.75, 3.05) is 7.05 Å². The standard InChI is InChI=1S/C20H25ClN2O2S/c1-12(2)22-19(24)14-7-8-17-16(11-14)23(3)20(25)18(26-17)10-13-5-4-6-15(21)9-13/h4-6,9-10,12,14,16-17H,7-8,11H2,1-3H3,(H,22,24)/b18-10-. The van der Waals surface area contributed by atoms with E-state index in [9.17, 15) is 9.59 Å². The summed E-state index contributed by atoms with van der Waals surface area (Å²) < 4.78 is 0. The Hall–Kier alpha value is -1.46. The number of likely N-dealkylation sites (N-methyl/N-ethyl adjacent to an activating group) is 1. The minimum absolute atomic E-state index is 0.00652. The highest BCUT2D eigenvalue weighted by Crippen LogP contribution is 2.43. The van der Waals surface area contributed by atoms with Crippen molar-refractivity contribution in [1.29, 1.82) is 0 Å². The van der Waals surface area contributed by atoms with Gasteiger partial charge >= 0.3 is 0 Å². The Morgan fingerprint density at radius 2 is 2.15 bits per heavy atom. The molecule has 2 fully saturated rings. The fraction of sp³-hybridized carbons (Fsp3) is 0.500. The van der Waals surface area contributed by atoms with E-state index in [1.165, 1.54) is 0 Å². The number of hydrogen-bond donors (Lipinski definition) is 1. The summed E-state index contributed by atoms with van der Waals surface area (Å²) in [4.78, 5) is 27.8. The molecule has 1 aliphatic heterocycles. The number of nitrogens with zero attached hydrogens (tertiary/aromatic N) is 1. The number of nitrogens with one attached hydrogen (secondary N) is 1. The highest BCUT2D eigenvalue weighted by Gasteiger charge is 2.42. The van der Waals surface area contributed by atoms with Gasteiger partial charge in [-0.15, -0.1) is 11.8 Å². The lowest BCUT2D eigenvalue weighted by atomic mass is 9.83. The monoisotopic (exact) mass is 392 g/mol. The molecule has 1 saturated carbocycles. The predicted molar refractivity (Wildman–Crippen MR) is 108 cm³/mol. The predicted octanol–water partition coefficient (Wildman–Crippen LogP) is 3.95. The molecule has 6 heteroatoms. The van der Waals surface area contributed by atoms with E-state index in [0.717, 1.165) is 29.7 Å². The Kier molecular flexibility index (Phi) is 5.98. The van der Waals surface area contributed by atoms with Gasteiger partial charge in [0.15, 0.2) is 0 Å². The SMILES string of the molecule is CC(C)NC(=O)C1CCC2S/C(=C\c3cccc(Cl)c3)C(=O)N(C)C2C1. The molecule has 1 aromatic carbocycles. The Bertz CT molecular complexity index is 734. The van der Waals surface area contributed by atoms with Crippen LogP contribution in [0.5, 0.6) is 0 Å². The van der Waals surface area contributed by atoms with Crippen LogP contribution in [0, 0.1) is 5.92 Å². The minimum Gasteiger partial charge on any atom is -0.354 e. The lowest BCUT2D eigenvalue weighted by Gasteiger charge is -2.44. The van der Waals surface area contributed by atoms with Crippen LogP contribution in [-0.4, -0.2) is 41.1 Å². The van der Waals surface area contributed by atoms with Crippen molar-refractivity contribution < 1.29 is 9.59 Å². The lowest BCUT2D eigenvalue weighted by Crippen LogP contribution is -2.52. The summed E-state index contributed by atoms with van der Waals surface area (Å²) in [5, 5.41) is 4.01. The van der Waals surface area contributed by atoms with Gasteiger partial charge in [0.1, 0.15) is 0 Å². The number of rotatable bonds is 3. The third-order valence-electron chi connectivity index (χ3n) is 5.01. The Balaban J connectivity index is 1.74. The zero-order valence-electron chi connectivity index (χ0n) is 15.4. The molecule has 140 valence electrons. The quantitative estimate of drug-likeness (QED) is 0.792. The highest BCUT2D eigenvalue weighted by molar-refractivity contribution is 8.04. The van der Waals surface area contributed by atoms with Crippen LogP contribution < -0.4 is 5.32 Å².